The van der Waals surface area contributed by atoms with E-state index in [0.29, 0.717) is 17.9 Å². The molecule has 0 fully saturated rings. The first-order valence-corrected chi connectivity index (χ1v) is 7.61. The average molecular weight is 341 g/mol. The Bertz CT molecular complexity index is 756. The second kappa shape index (κ2) is 9.12. The minimum Gasteiger partial charge on any atom is -0.504 e. The zero-order valence-corrected chi connectivity index (χ0v) is 13.8. The zero-order valence-electron chi connectivity index (χ0n) is 13.8. The number of methoxy groups -OCH3 is 1. The van der Waals surface area contributed by atoms with Gasteiger partial charge in [0.25, 0.3) is 5.91 Å². The number of benzene rings is 2. The van der Waals surface area contributed by atoms with Crippen LogP contribution in [0.5, 0.6) is 11.5 Å². The van der Waals surface area contributed by atoms with E-state index in [0.717, 1.165) is 5.56 Å². The zero-order chi connectivity index (χ0) is 18.1. The van der Waals surface area contributed by atoms with Crippen LogP contribution in [0.3, 0.4) is 0 Å². The molecule has 25 heavy (non-hydrogen) atoms. The molecule has 2 rings (SSSR count). The highest BCUT2D eigenvalue weighted by Crippen LogP contribution is 2.26. The summed E-state index contributed by atoms with van der Waals surface area (Å²) in [7, 11) is 1.44. The fourth-order valence-corrected chi connectivity index (χ4v) is 1.99. The highest BCUT2D eigenvalue weighted by atomic mass is 16.5. The number of phenols is 1. The summed E-state index contributed by atoms with van der Waals surface area (Å²) in [5.41, 5.74) is 1.61. The molecule has 0 aromatic heterocycles. The maximum atomic E-state index is 11.7. The predicted octanol–water partition coefficient (Wildman–Crippen LogP) is 2.27. The molecule has 0 unspecified atom stereocenters. The summed E-state index contributed by atoms with van der Waals surface area (Å²) >= 11 is 0. The molecular formula is C19H19NO5. The Labute approximate surface area is 145 Å². The van der Waals surface area contributed by atoms with Crippen molar-refractivity contribution in [3.05, 3.63) is 65.7 Å². The van der Waals surface area contributed by atoms with E-state index < -0.39 is 5.97 Å². The van der Waals surface area contributed by atoms with Crippen molar-refractivity contribution in [1.29, 1.82) is 0 Å². The van der Waals surface area contributed by atoms with Gasteiger partial charge in [-0.05, 0) is 29.3 Å². The maximum Gasteiger partial charge on any atom is 0.331 e. The van der Waals surface area contributed by atoms with Crippen molar-refractivity contribution in [2.75, 3.05) is 13.7 Å². The fraction of sp³-hybridized carbons (Fsp3) is 0.158. The van der Waals surface area contributed by atoms with Gasteiger partial charge in [-0.1, -0.05) is 36.4 Å². The van der Waals surface area contributed by atoms with Crippen molar-refractivity contribution < 1.29 is 24.2 Å². The summed E-state index contributed by atoms with van der Waals surface area (Å²) in [4.78, 5) is 23.3. The second-order valence-electron chi connectivity index (χ2n) is 5.13. The van der Waals surface area contributed by atoms with Crippen LogP contribution >= 0.6 is 0 Å². The third-order valence-corrected chi connectivity index (χ3v) is 3.29. The SMILES string of the molecule is COc1cc(C=CC(=O)OCC(=O)NCc2ccccc2)ccc1O. The summed E-state index contributed by atoms with van der Waals surface area (Å²) in [6, 6.07) is 14.1. The lowest BCUT2D eigenvalue weighted by Crippen LogP contribution is -2.28. The first-order valence-electron chi connectivity index (χ1n) is 7.61. The van der Waals surface area contributed by atoms with Gasteiger partial charge >= 0.3 is 5.97 Å². The van der Waals surface area contributed by atoms with Crippen molar-refractivity contribution in [2.45, 2.75) is 6.54 Å². The monoisotopic (exact) mass is 341 g/mol. The number of rotatable bonds is 7. The normalized spacial score (nSPS) is 10.4. The molecule has 2 aromatic carbocycles. The number of amides is 1. The van der Waals surface area contributed by atoms with Gasteiger partial charge in [0, 0.05) is 12.6 Å². The minimum atomic E-state index is -0.637. The Morgan fingerprint density at radius 3 is 2.64 bits per heavy atom. The van der Waals surface area contributed by atoms with Crippen LogP contribution < -0.4 is 10.1 Å². The standard InChI is InChI=1S/C19H19NO5/c1-24-17-11-14(7-9-16(17)21)8-10-19(23)25-13-18(22)20-12-15-5-3-2-4-6-15/h2-11,21H,12-13H2,1H3,(H,20,22). The Balaban J connectivity index is 1.77. The van der Waals surface area contributed by atoms with Gasteiger partial charge in [-0.25, -0.2) is 4.79 Å². The second-order valence-corrected chi connectivity index (χ2v) is 5.13. The number of phenolic OH excluding ortho intramolecular Hbond substituents is 1. The first-order chi connectivity index (χ1) is 12.1. The summed E-state index contributed by atoms with van der Waals surface area (Å²) in [5.74, 6) is -0.702. The van der Waals surface area contributed by atoms with E-state index in [1.807, 2.05) is 30.3 Å². The van der Waals surface area contributed by atoms with E-state index in [-0.39, 0.29) is 18.3 Å². The molecule has 0 saturated heterocycles. The Hall–Kier alpha value is -3.28. The highest BCUT2D eigenvalue weighted by molar-refractivity contribution is 5.89. The summed E-state index contributed by atoms with van der Waals surface area (Å²) in [5, 5.41) is 12.2. The van der Waals surface area contributed by atoms with Gasteiger partial charge in [0.15, 0.2) is 18.1 Å². The predicted molar refractivity (Wildman–Crippen MR) is 92.9 cm³/mol. The van der Waals surface area contributed by atoms with Gasteiger partial charge in [-0.15, -0.1) is 0 Å². The summed E-state index contributed by atoms with van der Waals surface area (Å²) in [6.07, 6.45) is 2.71. The van der Waals surface area contributed by atoms with Crippen LogP contribution in [0.1, 0.15) is 11.1 Å². The van der Waals surface area contributed by atoms with Crippen LogP contribution in [-0.4, -0.2) is 30.7 Å². The van der Waals surface area contributed by atoms with Gasteiger partial charge in [-0.2, -0.15) is 0 Å². The lowest BCUT2D eigenvalue weighted by atomic mass is 10.2. The quantitative estimate of drug-likeness (QED) is 0.596. The van der Waals surface area contributed by atoms with Crippen molar-refractivity contribution in [3.63, 3.8) is 0 Å². The smallest absolute Gasteiger partial charge is 0.331 e. The van der Waals surface area contributed by atoms with E-state index in [2.05, 4.69) is 5.32 Å². The number of nitrogens with one attached hydrogen (secondary N) is 1. The van der Waals surface area contributed by atoms with Crippen LogP contribution in [0.2, 0.25) is 0 Å². The van der Waals surface area contributed by atoms with Crippen LogP contribution in [-0.2, 0) is 20.9 Å². The number of hydrogen-bond acceptors (Lipinski definition) is 5. The molecule has 0 aliphatic heterocycles. The van der Waals surface area contributed by atoms with Crippen molar-refractivity contribution in [1.82, 2.24) is 5.32 Å². The third kappa shape index (κ3) is 6.02. The van der Waals surface area contributed by atoms with Gasteiger partial charge in [-0.3, -0.25) is 4.79 Å². The lowest BCUT2D eigenvalue weighted by molar-refractivity contribution is -0.143. The van der Waals surface area contributed by atoms with Crippen LogP contribution in [0.4, 0.5) is 0 Å². The molecule has 6 heteroatoms. The Morgan fingerprint density at radius 1 is 1.16 bits per heavy atom. The number of hydrogen-bond donors (Lipinski definition) is 2. The van der Waals surface area contributed by atoms with E-state index in [1.165, 1.54) is 25.3 Å². The van der Waals surface area contributed by atoms with E-state index in [1.54, 1.807) is 12.1 Å². The molecule has 2 N–H and O–H groups in total. The Kier molecular flexibility index (Phi) is 6.59. The molecular weight excluding hydrogens is 322 g/mol. The summed E-state index contributed by atoms with van der Waals surface area (Å²) < 4.78 is 9.86. The van der Waals surface area contributed by atoms with Gasteiger partial charge in [0.1, 0.15) is 0 Å². The van der Waals surface area contributed by atoms with Gasteiger partial charge in [0.2, 0.25) is 0 Å². The number of esters is 1. The largest absolute Gasteiger partial charge is 0.504 e. The van der Waals surface area contributed by atoms with Crippen molar-refractivity contribution >= 4 is 18.0 Å². The van der Waals surface area contributed by atoms with Crippen molar-refractivity contribution in [2.24, 2.45) is 0 Å². The Morgan fingerprint density at radius 2 is 1.92 bits per heavy atom. The lowest BCUT2D eigenvalue weighted by Gasteiger charge is -2.05. The topological polar surface area (TPSA) is 84.9 Å². The number of carbonyl (C=O) groups is 2. The average Bonchev–Trinajstić information content (AvgIpc) is 2.64. The molecule has 1 amide bonds. The molecule has 0 aliphatic carbocycles. The third-order valence-electron chi connectivity index (χ3n) is 3.29. The van der Waals surface area contributed by atoms with E-state index in [4.69, 9.17) is 9.47 Å². The molecule has 0 atom stereocenters. The highest BCUT2D eigenvalue weighted by Gasteiger charge is 2.05. The summed E-state index contributed by atoms with van der Waals surface area (Å²) in [6.45, 7) is 0.0231. The van der Waals surface area contributed by atoms with E-state index in [9.17, 15) is 14.7 Å². The van der Waals surface area contributed by atoms with Gasteiger partial charge in [0.05, 0.1) is 7.11 Å². The molecule has 0 saturated carbocycles. The number of carbonyl (C=O) groups excluding carboxylic acids is 2. The number of aromatic hydroxyl groups is 1. The molecule has 0 spiro atoms. The molecule has 0 radical (unpaired) electrons. The molecule has 130 valence electrons. The molecule has 0 aliphatic rings. The molecule has 0 heterocycles. The van der Waals surface area contributed by atoms with Crippen molar-refractivity contribution in [3.8, 4) is 11.5 Å². The molecule has 0 bridgehead atoms. The first kappa shape index (κ1) is 18.1. The maximum absolute atomic E-state index is 11.7. The molecule has 2 aromatic rings. The van der Waals surface area contributed by atoms with Gasteiger partial charge < -0.3 is 19.9 Å². The van der Waals surface area contributed by atoms with Crippen LogP contribution in [0, 0.1) is 0 Å². The fourth-order valence-electron chi connectivity index (χ4n) is 1.99. The minimum absolute atomic E-state index is 0.0114. The van der Waals surface area contributed by atoms with Crippen LogP contribution in [0.15, 0.2) is 54.6 Å². The van der Waals surface area contributed by atoms with Crippen LogP contribution in [0.25, 0.3) is 6.08 Å². The molecule has 6 nitrogen and oxygen atoms in total. The number of ether oxygens (including phenoxy) is 2. The van der Waals surface area contributed by atoms with E-state index >= 15 is 0 Å².